The average molecular weight is 360 g/mol. The van der Waals surface area contributed by atoms with Crippen molar-refractivity contribution < 1.29 is 24.1 Å². The van der Waals surface area contributed by atoms with Crippen molar-refractivity contribution in [2.75, 3.05) is 33.4 Å². The Labute approximate surface area is 152 Å². The summed E-state index contributed by atoms with van der Waals surface area (Å²) in [5.74, 6) is 1.40. The van der Waals surface area contributed by atoms with Gasteiger partial charge in [0, 0.05) is 18.7 Å². The van der Waals surface area contributed by atoms with Crippen LogP contribution in [0.25, 0.3) is 0 Å². The highest BCUT2D eigenvalue weighted by atomic mass is 16.5. The Kier molecular flexibility index (Phi) is 7.73. The van der Waals surface area contributed by atoms with Gasteiger partial charge < -0.3 is 30.4 Å². The number of nitrogens with two attached hydrogens (primary N) is 1. The lowest BCUT2D eigenvalue weighted by atomic mass is 10.2. The maximum absolute atomic E-state index is 11.0. The van der Waals surface area contributed by atoms with Crippen LogP contribution >= 0.6 is 0 Å². The van der Waals surface area contributed by atoms with E-state index in [2.05, 4.69) is 5.32 Å². The van der Waals surface area contributed by atoms with E-state index < -0.39 is 12.0 Å². The second-order valence-corrected chi connectivity index (χ2v) is 5.56. The number of aliphatic hydroxyl groups is 1. The topological polar surface area (TPSA) is 103 Å². The number of aliphatic hydroxyl groups excluding tert-OH is 1. The van der Waals surface area contributed by atoms with E-state index in [-0.39, 0.29) is 6.61 Å². The highest BCUT2D eigenvalue weighted by molar-refractivity contribution is 5.92. The second-order valence-electron chi connectivity index (χ2n) is 5.56. The van der Waals surface area contributed by atoms with Crippen LogP contribution in [-0.2, 0) is 0 Å². The van der Waals surface area contributed by atoms with E-state index in [1.165, 1.54) is 0 Å². The predicted octanol–water partition coefficient (Wildman–Crippen LogP) is 1.20. The molecule has 0 bridgehead atoms. The zero-order valence-corrected chi connectivity index (χ0v) is 14.7. The molecule has 2 aromatic carbocycles. The van der Waals surface area contributed by atoms with Gasteiger partial charge in [-0.15, -0.1) is 0 Å². The lowest BCUT2D eigenvalue weighted by Gasteiger charge is -2.15. The normalized spacial score (nSPS) is 11.6. The van der Waals surface area contributed by atoms with Gasteiger partial charge in [-0.25, -0.2) is 0 Å². The minimum atomic E-state index is -0.658. The maximum atomic E-state index is 11.0. The van der Waals surface area contributed by atoms with Crippen molar-refractivity contribution in [1.29, 1.82) is 0 Å². The van der Waals surface area contributed by atoms with Crippen LogP contribution in [0, 0.1) is 0 Å². The molecule has 1 atom stereocenters. The highest BCUT2D eigenvalue weighted by Crippen LogP contribution is 2.25. The Bertz CT molecular complexity index is 691. The van der Waals surface area contributed by atoms with Gasteiger partial charge in [-0.2, -0.15) is 0 Å². The van der Waals surface area contributed by atoms with Gasteiger partial charge in [-0.05, 0) is 36.4 Å². The van der Waals surface area contributed by atoms with E-state index in [4.69, 9.17) is 19.9 Å². The van der Waals surface area contributed by atoms with Crippen LogP contribution in [0.3, 0.4) is 0 Å². The molecule has 0 aliphatic rings. The summed E-state index contributed by atoms with van der Waals surface area (Å²) < 4.78 is 16.3. The summed E-state index contributed by atoms with van der Waals surface area (Å²) in [6.45, 7) is 1.52. The van der Waals surface area contributed by atoms with Crippen molar-refractivity contribution in [3.8, 4) is 17.2 Å². The average Bonchev–Trinajstić information content (AvgIpc) is 2.66. The number of carbonyl (C=O) groups excluding carboxylic acids is 1. The molecule has 0 aliphatic carbocycles. The number of nitrogens with one attached hydrogen (secondary N) is 1. The minimum Gasteiger partial charge on any atom is -0.493 e. The molecule has 2 aromatic rings. The smallest absolute Gasteiger partial charge is 0.248 e. The first-order valence-corrected chi connectivity index (χ1v) is 8.27. The van der Waals surface area contributed by atoms with Gasteiger partial charge >= 0.3 is 0 Å². The van der Waals surface area contributed by atoms with Gasteiger partial charge in [0.1, 0.15) is 25.1 Å². The van der Waals surface area contributed by atoms with E-state index in [0.29, 0.717) is 42.5 Å². The number of para-hydroxylation sites is 2. The van der Waals surface area contributed by atoms with Gasteiger partial charge in [0.05, 0.1) is 7.11 Å². The number of ether oxygens (including phenoxy) is 3. The molecule has 2 rings (SSSR count). The van der Waals surface area contributed by atoms with Gasteiger partial charge in [-0.3, -0.25) is 4.79 Å². The van der Waals surface area contributed by atoms with Crippen molar-refractivity contribution in [3.05, 3.63) is 54.1 Å². The molecule has 0 aromatic heterocycles. The fourth-order valence-corrected chi connectivity index (χ4v) is 2.21. The quantitative estimate of drug-likeness (QED) is 0.521. The van der Waals surface area contributed by atoms with Crippen molar-refractivity contribution in [3.63, 3.8) is 0 Å². The largest absolute Gasteiger partial charge is 0.493 e. The summed E-state index contributed by atoms with van der Waals surface area (Å²) >= 11 is 0. The highest BCUT2D eigenvalue weighted by Gasteiger charge is 2.08. The number of amides is 1. The first-order chi connectivity index (χ1) is 12.6. The summed E-state index contributed by atoms with van der Waals surface area (Å²) in [7, 11) is 1.57. The van der Waals surface area contributed by atoms with Crippen molar-refractivity contribution in [1.82, 2.24) is 5.32 Å². The van der Waals surface area contributed by atoms with Gasteiger partial charge in [0.15, 0.2) is 11.5 Å². The van der Waals surface area contributed by atoms with Crippen LogP contribution in [0.2, 0.25) is 0 Å². The molecule has 7 heteroatoms. The van der Waals surface area contributed by atoms with E-state index in [9.17, 15) is 9.90 Å². The molecule has 140 valence electrons. The molecule has 0 fully saturated rings. The van der Waals surface area contributed by atoms with E-state index in [0.717, 1.165) is 0 Å². The van der Waals surface area contributed by atoms with Crippen molar-refractivity contribution in [2.24, 2.45) is 5.73 Å². The van der Waals surface area contributed by atoms with E-state index in [1.54, 1.807) is 43.5 Å². The standard InChI is InChI=1S/C19H24N2O5/c1-24-17-4-2-3-5-18(17)26-13-15(22)12-21-10-11-25-16-8-6-14(7-9-16)19(20)23/h2-9,15,21-22H,10-13H2,1H3,(H2,20,23)/t15-/m1/s1. The third kappa shape index (κ3) is 6.27. The Morgan fingerprint density at radius 3 is 2.46 bits per heavy atom. The SMILES string of the molecule is COc1ccccc1OC[C@H](O)CNCCOc1ccc(C(N)=O)cc1. The van der Waals surface area contributed by atoms with Crippen molar-refractivity contribution >= 4 is 5.91 Å². The molecule has 0 radical (unpaired) electrons. The zero-order chi connectivity index (χ0) is 18.8. The van der Waals surface area contributed by atoms with E-state index in [1.807, 2.05) is 12.1 Å². The lowest BCUT2D eigenvalue weighted by Crippen LogP contribution is -2.33. The Morgan fingerprint density at radius 1 is 1.12 bits per heavy atom. The van der Waals surface area contributed by atoms with E-state index >= 15 is 0 Å². The first kappa shape index (κ1) is 19.6. The van der Waals surface area contributed by atoms with Gasteiger partial charge in [0.25, 0.3) is 0 Å². The van der Waals surface area contributed by atoms with Crippen LogP contribution in [0.4, 0.5) is 0 Å². The molecular weight excluding hydrogens is 336 g/mol. The predicted molar refractivity (Wildman–Crippen MR) is 97.8 cm³/mol. The van der Waals surface area contributed by atoms with Gasteiger partial charge in [0.2, 0.25) is 5.91 Å². The number of methoxy groups -OCH3 is 1. The third-order valence-electron chi connectivity index (χ3n) is 3.57. The van der Waals surface area contributed by atoms with Crippen molar-refractivity contribution in [2.45, 2.75) is 6.10 Å². The molecule has 1 amide bonds. The molecule has 0 saturated heterocycles. The number of hydrogen-bond donors (Lipinski definition) is 3. The molecule has 0 saturated carbocycles. The molecule has 26 heavy (non-hydrogen) atoms. The number of carbonyl (C=O) groups is 1. The monoisotopic (exact) mass is 360 g/mol. The lowest BCUT2D eigenvalue weighted by molar-refractivity contribution is 0.1000. The summed E-state index contributed by atoms with van der Waals surface area (Å²) in [5, 5.41) is 13.0. The Hall–Kier alpha value is -2.77. The number of primary amides is 1. The third-order valence-corrected chi connectivity index (χ3v) is 3.57. The molecule has 0 spiro atoms. The summed E-state index contributed by atoms with van der Waals surface area (Å²) in [5.41, 5.74) is 5.62. The number of hydrogen-bond acceptors (Lipinski definition) is 6. The molecule has 0 unspecified atom stereocenters. The molecule has 0 aliphatic heterocycles. The van der Waals surface area contributed by atoms with Gasteiger partial charge in [-0.1, -0.05) is 12.1 Å². The second kappa shape index (κ2) is 10.3. The van der Waals surface area contributed by atoms with Crippen LogP contribution < -0.4 is 25.3 Å². The minimum absolute atomic E-state index is 0.156. The Balaban J connectivity index is 1.61. The fraction of sp³-hybridized carbons (Fsp3) is 0.316. The first-order valence-electron chi connectivity index (χ1n) is 8.27. The maximum Gasteiger partial charge on any atom is 0.248 e. The summed E-state index contributed by atoms with van der Waals surface area (Å²) in [6.07, 6.45) is -0.658. The Morgan fingerprint density at radius 2 is 1.81 bits per heavy atom. The fourth-order valence-electron chi connectivity index (χ4n) is 2.21. The number of rotatable bonds is 11. The van der Waals surface area contributed by atoms with Crippen LogP contribution in [0.1, 0.15) is 10.4 Å². The summed E-state index contributed by atoms with van der Waals surface area (Å²) in [6, 6.07) is 13.9. The molecule has 0 heterocycles. The molecule has 7 nitrogen and oxygen atoms in total. The zero-order valence-electron chi connectivity index (χ0n) is 14.7. The summed E-state index contributed by atoms with van der Waals surface area (Å²) in [4.78, 5) is 11.0. The number of benzene rings is 2. The van der Waals surface area contributed by atoms with Crippen LogP contribution in [0.15, 0.2) is 48.5 Å². The van der Waals surface area contributed by atoms with Crippen LogP contribution in [0.5, 0.6) is 17.2 Å². The molecular formula is C19H24N2O5. The van der Waals surface area contributed by atoms with Crippen LogP contribution in [-0.4, -0.2) is 50.5 Å². The molecule has 4 N–H and O–H groups in total.